The van der Waals surface area contributed by atoms with Crippen molar-refractivity contribution in [1.82, 2.24) is 14.7 Å². The number of hydrogen-bond donors (Lipinski definition) is 1. The third-order valence-electron chi connectivity index (χ3n) is 3.45. The first kappa shape index (κ1) is 17.9. The van der Waals surface area contributed by atoms with Gasteiger partial charge in [-0.2, -0.15) is 4.40 Å². The number of nitrogens with zero attached hydrogens (tertiary/aromatic N) is 3. The van der Waals surface area contributed by atoms with E-state index in [0.717, 1.165) is 17.0 Å². The van der Waals surface area contributed by atoms with Crippen molar-refractivity contribution in [3.8, 4) is 0 Å². The van der Waals surface area contributed by atoms with Gasteiger partial charge in [-0.25, -0.2) is 9.55 Å². The normalized spacial score (nSPS) is 11.1. The lowest BCUT2D eigenvalue weighted by Crippen LogP contribution is -2.38. The summed E-state index contributed by atoms with van der Waals surface area (Å²) in [7, 11) is -2.44. The number of imidazole rings is 1. The summed E-state index contributed by atoms with van der Waals surface area (Å²) in [6.45, 7) is 6.15. The number of nitrogens with one attached hydrogen (secondary N) is 1. The molecule has 2 heterocycles. The molecule has 5 nitrogen and oxygen atoms in total. The molecule has 0 saturated heterocycles. The van der Waals surface area contributed by atoms with E-state index in [0.29, 0.717) is 5.69 Å². The average molecular weight is 320 g/mol. The van der Waals surface area contributed by atoms with E-state index in [9.17, 15) is 22.1 Å². The number of fused-ring (bicyclic) bond motifs is 1. The molecule has 22 heavy (non-hydrogen) atoms. The molecule has 0 unspecified atom stereocenters. The number of amides is 1. The Morgan fingerprint density at radius 1 is 1.27 bits per heavy atom. The van der Waals surface area contributed by atoms with Crippen molar-refractivity contribution in [2.45, 2.75) is 20.8 Å². The second-order valence-electron chi connectivity index (χ2n) is 4.72. The van der Waals surface area contributed by atoms with E-state index in [1.807, 2.05) is 29.9 Å². The van der Waals surface area contributed by atoms with Gasteiger partial charge < -0.3 is 22.6 Å². The Kier molecular flexibility index (Phi) is 5.15. The summed E-state index contributed by atoms with van der Waals surface area (Å²) in [5.41, 5.74) is 4.74. The van der Waals surface area contributed by atoms with Gasteiger partial charge in [-0.15, -0.1) is 0 Å². The van der Waals surface area contributed by atoms with Crippen LogP contribution in [0.15, 0.2) is 6.33 Å². The third-order valence-corrected chi connectivity index (χ3v) is 3.45. The molecule has 10 heteroatoms. The Morgan fingerprint density at radius 2 is 1.77 bits per heavy atom. The molecular weight excluding hydrogens is 303 g/mol. The monoisotopic (exact) mass is 320 g/mol. The van der Waals surface area contributed by atoms with Gasteiger partial charge >= 0.3 is 12.9 Å². The van der Waals surface area contributed by atoms with Gasteiger partial charge in [0.1, 0.15) is 11.4 Å². The Morgan fingerprint density at radius 3 is 2.23 bits per heavy atom. The van der Waals surface area contributed by atoms with Crippen molar-refractivity contribution < 1.29 is 26.6 Å². The fourth-order valence-electron chi connectivity index (χ4n) is 2.04. The topological polar surface area (TPSA) is 50.3 Å². The van der Waals surface area contributed by atoms with E-state index < -0.39 is 7.25 Å². The molecule has 2 aromatic heterocycles. The van der Waals surface area contributed by atoms with E-state index in [1.54, 1.807) is 13.4 Å². The largest absolute Gasteiger partial charge is 0.673 e. The van der Waals surface area contributed by atoms with Crippen LogP contribution >= 0.6 is 0 Å². The van der Waals surface area contributed by atoms with Crippen molar-refractivity contribution in [3.63, 3.8) is 0 Å². The first-order valence-electron chi connectivity index (χ1n) is 6.41. The summed E-state index contributed by atoms with van der Waals surface area (Å²) < 4.78 is 43.0. The van der Waals surface area contributed by atoms with Crippen molar-refractivity contribution in [2.24, 2.45) is 7.05 Å². The van der Waals surface area contributed by atoms with Crippen LogP contribution in [0.25, 0.3) is 5.65 Å². The Bertz CT molecular complexity index is 705. The summed E-state index contributed by atoms with van der Waals surface area (Å²) in [6, 6.07) is 0. The number of carbonyl (C=O) groups excluding carboxylic acids is 1. The fraction of sp³-hybridized carbons (Fsp3) is 0.417. The van der Waals surface area contributed by atoms with Gasteiger partial charge in [-0.1, -0.05) is 0 Å². The maximum absolute atomic E-state index is 11.7. The van der Waals surface area contributed by atoms with E-state index in [-0.39, 0.29) is 5.91 Å². The van der Waals surface area contributed by atoms with Crippen LogP contribution in [-0.2, 0) is 7.05 Å². The summed E-state index contributed by atoms with van der Waals surface area (Å²) in [6.07, 6.45) is 1.70. The fourth-order valence-corrected chi connectivity index (χ4v) is 2.04. The third kappa shape index (κ3) is 3.74. The van der Waals surface area contributed by atoms with Gasteiger partial charge in [0.05, 0.1) is 7.05 Å². The number of hydrogen-bond acceptors (Lipinski definition) is 2. The van der Waals surface area contributed by atoms with Crippen molar-refractivity contribution in [1.29, 1.82) is 0 Å². The molecule has 0 radical (unpaired) electrons. The highest BCUT2D eigenvalue weighted by Crippen LogP contribution is 2.14. The standard InChI is InChI=1S/C12H16N4O.BF4/c1-7-8(2)15(5)12-10(11(17)13-4)14-6-16(12)9(7)3;2-1(3,4)5/h6H,1-5H3;/q;-1/p+1. The zero-order valence-corrected chi connectivity index (χ0v) is 12.9. The van der Waals surface area contributed by atoms with Crippen LogP contribution in [0.4, 0.5) is 17.3 Å². The second-order valence-corrected chi connectivity index (χ2v) is 4.72. The molecule has 0 aliphatic carbocycles. The van der Waals surface area contributed by atoms with Crippen LogP contribution in [0.2, 0.25) is 0 Å². The first-order valence-corrected chi connectivity index (χ1v) is 6.41. The molecule has 1 N–H and O–H groups in total. The molecule has 0 saturated carbocycles. The van der Waals surface area contributed by atoms with Gasteiger partial charge in [0.2, 0.25) is 5.69 Å². The summed E-state index contributed by atoms with van der Waals surface area (Å²) in [5, 5.41) is 2.61. The van der Waals surface area contributed by atoms with Gasteiger partial charge in [-0.05, 0) is 20.8 Å². The zero-order chi connectivity index (χ0) is 17.2. The molecule has 0 spiro atoms. The Labute approximate surface area is 125 Å². The number of carbonyl (C=O) groups is 1. The minimum atomic E-state index is -6.00. The molecule has 2 aromatic rings. The molecule has 0 fully saturated rings. The van der Waals surface area contributed by atoms with Crippen LogP contribution in [0.3, 0.4) is 0 Å². The lowest BCUT2D eigenvalue weighted by molar-refractivity contribution is -0.655. The molecule has 0 atom stereocenters. The van der Waals surface area contributed by atoms with Crippen LogP contribution in [0.5, 0.6) is 0 Å². The summed E-state index contributed by atoms with van der Waals surface area (Å²) in [5.74, 6) is -0.161. The Balaban J connectivity index is 0.000000422. The van der Waals surface area contributed by atoms with Crippen molar-refractivity contribution >= 4 is 18.8 Å². The number of rotatable bonds is 1. The minimum absolute atomic E-state index is 0.161. The molecule has 122 valence electrons. The number of aromatic nitrogens is 3. The summed E-state index contributed by atoms with van der Waals surface area (Å²) >= 11 is 0. The van der Waals surface area contributed by atoms with Gasteiger partial charge in [-0.3, -0.25) is 4.79 Å². The van der Waals surface area contributed by atoms with E-state index in [1.165, 1.54) is 5.56 Å². The lowest BCUT2D eigenvalue weighted by Gasteiger charge is -2.06. The number of halogens is 4. The predicted molar refractivity (Wildman–Crippen MR) is 74.2 cm³/mol. The van der Waals surface area contributed by atoms with Gasteiger partial charge in [0.25, 0.3) is 5.91 Å². The SMILES string of the molecule is CNC(=O)c1ncn2c(C)c(C)c(C)[n+](C)c12.F[B-](F)(F)F. The molecule has 2 rings (SSSR count). The molecule has 0 aliphatic rings. The smallest absolute Gasteiger partial charge is 0.418 e. The van der Waals surface area contributed by atoms with Crippen molar-refractivity contribution in [3.05, 3.63) is 29.0 Å². The highest BCUT2D eigenvalue weighted by molar-refractivity contribution is 6.50. The van der Waals surface area contributed by atoms with Gasteiger partial charge in [0.15, 0.2) is 6.33 Å². The molecule has 0 bridgehead atoms. The van der Waals surface area contributed by atoms with E-state index in [4.69, 9.17) is 0 Å². The Hall–Kier alpha value is -2.13. The highest BCUT2D eigenvalue weighted by atomic mass is 19.5. The zero-order valence-electron chi connectivity index (χ0n) is 12.9. The maximum Gasteiger partial charge on any atom is 0.673 e. The van der Waals surface area contributed by atoms with Crippen LogP contribution in [0.1, 0.15) is 27.4 Å². The first-order chi connectivity index (χ1) is 9.99. The molecule has 0 aliphatic heterocycles. The van der Waals surface area contributed by atoms with Gasteiger partial charge in [0, 0.05) is 12.6 Å². The van der Waals surface area contributed by atoms with E-state index in [2.05, 4.69) is 17.2 Å². The average Bonchev–Trinajstić information content (AvgIpc) is 2.85. The predicted octanol–water partition coefficient (Wildman–Crippen LogP) is 1.74. The van der Waals surface area contributed by atoms with Crippen LogP contribution in [-0.4, -0.2) is 29.6 Å². The minimum Gasteiger partial charge on any atom is -0.418 e. The highest BCUT2D eigenvalue weighted by Gasteiger charge is 2.24. The van der Waals surface area contributed by atoms with E-state index >= 15 is 0 Å². The van der Waals surface area contributed by atoms with Crippen molar-refractivity contribution in [2.75, 3.05) is 7.05 Å². The lowest BCUT2D eigenvalue weighted by atomic mass is 10.2. The molecular formula is C12H17BF4N4O. The summed E-state index contributed by atoms with van der Waals surface area (Å²) in [4.78, 5) is 15.9. The molecule has 1 amide bonds. The quantitative estimate of drug-likeness (QED) is 0.494. The van der Waals surface area contributed by atoms with Crippen LogP contribution < -0.4 is 9.88 Å². The second kappa shape index (κ2) is 6.33. The maximum atomic E-state index is 11.7. The van der Waals surface area contributed by atoms with Crippen LogP contribution in [0, 0.1) is 20.8 Å². The number of aryl methyl sites for hydroxylation is 2. The molecule has 0 aromatic carbocycles.